The van der Waals surface area contributed by atoms with Crippen molar-refractivity contribution in [3.8, 4) is 0 Å². The molecule has 0 aliphatic rings. The lowest BCUT2D eigenvalue weighted by Crippen LogP contribution is -2.08. The van der Waals surface area contributed by atoms with Gasteiger partial charge in [-0.2, -0.15) is 0 Å². The van der Waals surface area contributed by atoms with Crippen LogP contribution in [0.15, 0.2) is 34.7 Å². The summed E-state index contributed by atoms with van der Waals surface area (Å²) in [4.78, 5) is 17.3. The molecule has 3 rings (SSSR count). The molecular weight excluding hydrogens is 352 g/mol. The second-order valence-corrected chi connectivity index (χ2v) is 8.20. The summed E-state index contributed by atoms with van der Waals surface area (Å²) in [6, 6.07) is 10.1. The average molecular weight is 375 g/mol. The third-order valence-electron chi connectivity index (χ3n) is 4.21. The maximum Gasteiger partial charge on any atom is 0.174 e. The summed E-state index contributed by atoms with van der Waals surface area (Å²) in [5, 5.41) is 0. The van der Waals surface area contributed by atoms with Crippen molar-refractivity contribution in [2.45, 2.75) is 31.2 Å². The molecule has 132 valence electrons. The summed E-state index contributed by atoms with van der Waals surface area (Å²) in [6.45, 7) is 5.68. The predicted octanol–water partition coefficient (Wildman–Crippen LogP) is 4.73. The monoisotopic (exact) mass is 374 g/mol. The van der Waals surface area contributed by atoms with E-state index in [4.69, 9.17) is 4.74 Å². The van der Waals surface area contributed by atoms with Gasteiger partial charge in [-0.15, -0.1) is 11.3 Å². The van der Waals surface area contributed by atoms with Gasteiger partial charge < -0.3 is 9.30 Å². The molecule has 4 nitrogen and oxygen atoms in total. The molecule has 6 heteroatoms. The van der Waals surface area contributed by atoms with Crippen LogP contribution >= 0.6 is 23.1 Å². The van der Waals surface area contributed by atoms with Gasteiger partial charge in [0.05, 0.1) is 16.0 Å². The van der Waals surface area contributed by atoms with Crippen LogP contribution in [0.4, 0.5) is 0 Å². The summed E-state index contributed by atoms with van der Waals surface area (Å²) in [7, 11) is 1.71. The first kappa shape index (κ1) is 18.2. The molecule has 0 bridgehead atoms. The van der Waals surface area contributed by atoms with Crippen LogP contribution in [0.5, 0.6) is 0 Å². The van der Waals surface area contributed by atoms with Crippen LogP contribution in [0.1, 0.15) is 28.2 Å². The Morgan fingerprint density at radius 2 is 2.12 bits per heavy atom. The van der Waals surface area contributed by atoms with Crippen molar-refractivity contribution >= 4 is 39.1 Å². The number of Topliss-reactive ketones (excluding diaryl/α,β-unsaturated/α-hetero) is 1. The third kappa shape index (κ3) is 4.14. The molecule has 0 spiro atoms. The highest BCUT2D eigenvalue weighted by atomic mass is 32.2. The van der Waals surface area contributed by atoms with E-state index >= 15 is 0 Å². The number of carbonyl (C=O) groups is 1. The Labute approximate surface area is 156 Å². The molecule has 0 aliphatic heterocycles. The van der Waals surface area contributed by atoms with E-state index in [2.05, 4.69) is 22.5 Å². The molecule has 0 saturated heterocycles. The molecule has 2 aromatic heterocycles. The number of methoxy groups -OCH3 is 1. The fourth-order valence-corrected chi connectivity index (χ4v) is 4.86. The van der Waals surface area contributed by atoms with Crippen LogP contribution < -0.4 is 0 Å². The van der Waals surface area contributed by atoms with Crippen LogP contribution in [0.3, 0.4) is 0 Å². The molecule has 25 heavy (non-hydrogen) atoms. The number of carbonyl (C=O) groups excluding carboxylic acids is 1. The van der Waals surface area contributed by atoms with E-state index in [0.717, 1.165) is 51.1 Å². The van der Waals surface area contributed by atoms with Crippen molar-refractivity contribution in [3.05, 3.63) is 47.3 Å². The van der Waals surface area contributed by atoms with E-state index < -0.39 is 0 Å². The van der Waals surface area contributed by atoms with Gasteiger partial charge in [0.15, 0.2) is 10.1 Å². The number of thiazole rings is 1. The van der Waals surface area contributed by atoms with Gasteiger partial charge in [-0.05, 0) is 38.5 Å². The second-order valence-electron chi connectivity index (χ2n) is 5.94. The van der Waals surface area contributed by atoms with Crippen LogP contribution in [-0.2, 0) is 11.3 Å². The zero-order chi connectivity index (χ0) is 17.8. The summed E-state index contributed by atoms with van der Waals surface area (Å²) in [5.41, 5.74) is 3.99. The minimum Gasteiger partial charge on any atom is -0.385 e. The van der Waals surface area contributed by atoms with Crippen molar-refractivity contribution in [2.75, 3.05) is 19.5 Å². The Bertz CT molecular complexity index is 850. The molecule has 0 atom stereocenters. The Morgan fingerprint density at radius 1 is 1.32 bits per heavy atom. The lowest BCUT2D eigenvalue weighted by molar-refractivity contribution is 0.102. The highest BCUT2D eigenvalue weighted by Crippen LogP contribution is 2.30. The minimum atomic E-state index is 0.162. The lowest BCUT2D eigenvalue weighted by atomic mass is 10.2. The van der Waals surface area contributed by atoms with E-state index in [1.165, 1.54) is 11.8 Å². The molecule has 3 aromatic rings. The topological polar surface area (TPSA) is 44.1 Å². The number of hydrogen-bond acceptors (Lipinski definition) is 5. The minimum absolute atomic E-state index is 0.162. The normalized spacial score (nSPS) is 11.3. The van der Waals surface area contributed by atoms with Crippen molar-refractivity contribution in [1.29, 1.82) is 0 Å². The van der Waals surface area contributed by atoms with Gasteiger partial charge in [-0.1, -0.05) is 23.9 Å². The van der Waals surface area contributed by atoms with Crippen molar-refractivity contribution in [3.63, 3.8) is 0 Å². The molecular formula is C19H22N2O2S2. The van der Waals surface area contributed by atoms with E-state index in [0.29, 0.717) is 5.75 Å². The van der Waals surface area contributed by atoms with Crippen molar-refractivity contribution < 1.29 is 9.53 Å². The first-order valence-electron chi connectivity index (χ1n) is 8.27. The van der Waals surface area contributed by atoms with Gasteiger partial charge >= 0.3 is 0 Å². The van der Waals surface area contributed by atoms with Crippen LogP contribution in [0.2, 0.25) is 0 Å². The Hall–Kier alpha value is -1.63. The second kappa shape index (κ2) is 8.17. The number of thioether (sulfide) groups is 1. The number of rotatable bonds is 8. The van der Waals surface area contributed by atoms with Crippen molar-refractivity contribution in [2.24, 2.45) is 0 Å². The van der Waals surface area contributed by atoms with E-state index in [9.17, 15) is 4.79 Å². The fraction of sp³-hybridized carbons (Fsp3) is 0.368. The number of aromatic nitrogens is 2. The first-order valence-corrected chi connectivity index (χ1v) is 10.1. The zero-order valence-corrected chi connectivity index (χ0v) is 16.4. The number of hydrogen-bond donors (Lipinski definition) is 0. The third-order valence-corrected chi connectivity index (χ3v) is 6.38. The smallest absolute Gasteiger partial charge is 0.174 e. The van der Waals surface area contributed by atoms with Gasteiger partial charge in [0.1, 0.15) is 0 Å². The first-order chi connectivity index (χ1) is 12.1. The fourth-order valence-electron chi connectivity index (χ4n) is 2.91. The summed E-state index contributed by atoms with van der Waals surface area (Å²) >= 11 is 3.16. The number of benzene rings is 1. The number of ether oxygens (including phenoxy) is 1. The van der Waals surface area contributed by atoms with Gasteiger partial charge in [0.2, 0.25) is 0 Å². The molecule has 0 aliphatic carbocycles. The Kier molecular flexibility index (Phi) is 5.93. The van der Waals surface area contributed by atoms with Crippen LogP contribution in [-0.4, -0.2) is 34.8 Å². The maximum absolute atomic E-state index is 12.7. The zero-order valence-electron chi connectivity index (χ0n) is 14.7. The van der Waals surface area contributed by atoms with E-state index in [1.807, 2.05) is 31.2 Å². The number of para-hydroxylation sites is 1. The molecule has 0 amide bonds. The molecule has 0 fully saturated rings. The van der Waals surface area contributed by atoms with Crippen molar-refractivity contribution in [1.82, 2.24) is 9.55 Å². The quantitative estimate of drug-likeness (QED) is 0.325. The average Bonchev–Trinajstić information content (AvgIpc) is 3.15. The van der Waals surface area contributed by atoms with Crippen LogP contribution in [0, 0.1) is 13.8 Å². The standard InChI is InChI=1S/C19H22N2O2S2/c1-13-11-15(14(2)21(13)9-6-10-23-3)17(22)12-24-19-20-16-7-4-5-8-18(16)25-19/h4-5,7-8,11H,6,9-10,12H2,1-3H3. The molecule has 0 N–H and O–H groups in total. The lowest BCUT2D eigenvalue weighted by Gasteiger charge is -2.09. The van der Waals surface area contributed by atoms with Gasteiger partial charge in [-0.25, -0.2) is 4.98 Å². The van der Waals surface area contributed by atoms with Gasteiger partial charge in [-0.3, -0.25) is 4.79 Å². The largest absolute Gasteiger partial charge is 0.385 e. The molecule has 0 saturated carbocycles. The number of ketones is 1. The van der Waals surface area contributed by atoms with Gasteiger partial charge in [0, 0.05) is 37.2 Å². The highest BCUT2D eigenvalue weighted by molar-refractivity contribution is 8.01. The summed E-state index contributed by atoms with van der Waals surface area (Å²) in [6.07, 6.45) is 0.945. The molecule has 0 unspecified atom stereocenters. The van der Waals surface area contributed by atoms with Crippen LogP contribution in [0.25, 0.3) is 10.2 Å². The predicted molar refractivity (Wildman–Crippen MR) is 105 cm³/mol. The maximum atomic E-state index is 12.7. The highest BCUT2D eigenvalue weighted by Gasteiger charge is 2.16. The van der Waals surface area contributed by atoms with E-state index in [-0.39, 0.29) is 5.78 Å². The molecule has 2 heterocycles. The number of aryl methyl sites for hydroxylation is 1. The Morgan fingerprint density at radius 3 is 2.88 bits per heavy atom. The summed E-state index contributed by atoms with van der Waals surface area (Å²) in [5.74, 6) is 0.581. The number of nitrogens with zero attached hydrogens (tertiary/aromatic N) is 2. The molecule has 0 radical (unpaired) electrons. The van der Waals surface area contributed by atoms with Gasteiger partial charge in [0.25, 0.3) is 0 Å². The van der Waals surface area contributed by atoms with E-state index in [1.54, 1.807) is 18.4 Å². The molecule has 1 aromatic carbocycles. The summed E-state index contributed by atoms with van der Waals surface area (Å²) < 4.78 is 9.43. The number of fused-ring (bicyclic) bond motifs is 1. The SMILES string of the molecule is COCCCn1c(C)cc(C(=O)CSc2nc3ccccc3s2)c1C. The Balaban J connectivity index is 1.67.